The van der Waals surface area contributed by atoms with Crippen LogP contribution in [0.3, 0.4) is 0 Å². The van der Waals surface area contributed by atoms with Crippen LogP contribution < -0.4 is 11.5 Å². The van der Waals surface area contributed by atoms with Gasteiger partial charge < -0.3 is 21.3 Å². The summed E-state index contributed by atoms with van der Waals surface area (Å²) in [5.74, 6) is 0.158. The average molecular weight is 460 g/mol. The number of Topliss-reactive ketones (excluding diaryl/α,β-unsaturated/α-hetero) is 1. The van der Waals surface area contributed by atoms with E-state index < -0.39 is 11.6 Å². The molecule has 4 atom stereocenters. The number of benzene rings is 1. The van der Waals surface area contributed by atoms with E-state index in [1.807, 2.05) is 36.4 Å². The molecule has 1 aliphatic heterocycles. The second kappa shape index (κ2) is 8.87. The van der Waals surface area contributed by atoms with Crippen molar-refractivity contribution in [2.24, 2.45) is 11.7 Å². The molecule has 0 spiro atoms. The molecule has 0 bridgehead atoms. The molecule has 2 fully saturated rings. The molecular formula is C26H29N5O3. The maximum atomic E-state index is 13.3. The van der Waals surface area contributed by atoms with Crippen LogP contribution >= 0.6 is 0 Å². The topological polar surface area (TPSA) is 137 Å². The van der Waals surface area contributed by atoms with Crippen LogP contribution in [0.2, 0.25) is 0 Å². The molecule has 8 heteroatoms. The Morgan fingerprint density at radius 1 is 1.21 bits per heavy atom. The molecule has 3 heterocycles. The Hall–Kier alpha value is -3.20. The largest absolute Gasteiger partial charge is 0.386 e. The van der Waals surface area contributed by atoms with E-state index >= 15 is 0 Å². The van der Waals surface area contributed by atoms with Crippen LogP contribution in [0.5, 0.6) is 0 Å². The minimum atomic E-state index is -1.08. The molecule has 2 aliphatic rings. The zero-order valence-electron chi connectivity index (χ0n) is 19.1. The molecule has 34 heavy (non-hydrogen) atoms. The van der Waals surface area contributed by atoms with Crippen molar-refractivity contribution in [3.8, 4) is 11.3 Å². The Morgan fingerprint density at radius 2 is 1.97 bits per heavy atom. The second-order valence-corrected chi connectivity index (χ2v) is 9.48. The minimum Gasteiger partial charge on any atom is -0.386 e. The Kier molecular flexibility index (Phi) is 5.89. The number of anilines is 1. The lowest BCUT2D eigenvalue weighted by molar-refractivity contribution is -0.187. The first-order chi connectivity index (χ1) is 16.3. The highest BCUT2D eigenvalue weighted by Gasteiger charge is 2.52. The fourth-order valence-electron chi connectivity index (χ4n) is 4.75. The van der Waals surface area contributed by atoms with Crippen molar-refractivity contribution >= 4 is 11.6 Å². The smallest absolute Gasteiger partial charge is 0.189 e. The van der Waals surface area contributed by atoms with Gasteiger partial charge in [-0.05, 0) is 49.3 Å². The van der Waals surface area contributed by atoms with Crippen molar-refractivity contribution in [2.75, 3.05) is 5.73 Å². The number of carbonyl (C=O) groups excluding carboxylic acids is 1. The van der Waals surface area contributed by atoms with Crippen LogP contribution in [0, 0.1) is 5.92 Å². The van der Waals surface area contributed by atoms with Crippen LogP contribution in [0.1, 0.15) is 53.9 Å². The first kappa shape index (κ1) is 22.6. The third kappa shape index (κ3) is 4.32. The van der Waals surface area contributed by atoms with E-state index in [-0.39, 0.29) is 35.9 Å². The number of hydrogen-bond acceptors (Lipinski definition) is 8. The number of aliphatic hydroxyl groups is 1. The number of hydrogen-bond donors (Lipinski definition) is 3. The zero-order chi connectivity index (χ0) is 23.9. The number of ether oxygens (including phenoxy) is 1. The van der Waals surface area contributed by atoms with Crippen molar-refractivity contribution in [1.29, 1.82) is 0 Å². The van der Waals surface area contributed by atoms with Gasteiger partial charge in [0, 0.05) is 30.4 Å². The van der Waals surface area contributed by atoms with Gasteiger partial charge in [-0.2, -0.15) is 0 Å². The Morgan fingerprint density at radius 3 is 2.71 bits per heavy atom. The summed E-state index contributed by atoms with van der Waals surface area (Å²) in [7, 11) is 0. The molecule has 3 aromatic rings. The molecule has 0 radical (unpaired) electrons. The van der Waals surface area contributed by atoms with Gasteiger partial charge in [0.25, 0.3) is 0 Å². The van der Waals surface area contributed by atoms with Crippen molar-refractivity contribution in [2.45, 2.75) is 56.5 Å². The number of ketones is 1. The first-order valence-electron chi connectivity index (χ1n) is 11.6. The number of nitrogens with two attached hydrogens (primary N) is 2. The quantitative estimate of drug-likeness (QED) is 0.479. The van der Waals surface area contributed by atoms with Crippen molar-refractivity contribution in [3.63, 3.8) is 0 Å². The standard InChI is InChI=1S/C26H29N5O3/c1-26(33)22(27)12-21(34-24(26)16-7-8-16)18-9-10-29-13-17(18)11-20(32)23-25(28)30-14-19(31-23)15-5-3-2-4-6-15/h2-6,9-10,13-14,16,21-22,24,33H,7-8,11-12,27H2,1H3,(H2,28,30)/t21-,22-,24-,26+/m1/s1. The van der Waals surface area contributed by atoms with E-state index in [0.29, 0.717) is 18.0 Å². The molecule has 0 amide bonds. The molecule has 8 nitrogen and oxygen atoms in total. The van der Waals surface area contributed by atoms with Gasteiger partial charge in [0.15, 0.2) is 11.6 Å². The molecule has 176 valence electrons. The highest BCUT2D eigenvalue weighted by molar-refractivity contribution is 5.99. The monoisotopic (exact) mass is 459 g/mol. The summed E-state index contributed by atoms with van der Waals surface area (Å²) in [5.41, 5.74) is 14.5. The summed E-state index contributed by atoms with van der Waals surface area (Å²) in [6.07, 6.45) is 6.82. The highest BCUT2D eigenvalue weighted by atomic mass is 16.5. The van der Waals surface area contributed by atoms with Gasteiger partial charge in [-0.15, -0.1) is 0 Å². The molecule has 1 saturated heterocycles. The third-order valence-corrected chi connectivity index (χ3v) is 6.93. The number of nitrogens with zero attached hydrogens (tertiary/aromatic N) is 3. The van der Waals surface area contributed by atoms with E-state index in [9.17, 15) is 9.90 Å². The molecule has 0 unspecified atom stereocenters. The number of carbonyl (C=O) groups is 1. The van der Waals surface area contributed by atoms with E-state index in [1.165, 1.54) is 0 Å². The fourth-order valence-corrected chi connectivity index (χ4v) is 4.75. The van der Waals surface area contributed by atoms with Crippen molar-refractivity contribution in [3.05, 3.63) is 71.8 Å². The molecule has 1 saturated carbocycles. The minimum absolute atomic E-state index is 0.0554. The lowest BCUT2D eigenvalue weighted by Crippen LogP contribution is -2.60. The van der Waals surface area contributed by atoms with Gasteiger partial charge in [-0.3, -0.25) is 9.78 Å². The van der Waals surface area contributed by atoms with Gasteiger partial charge in [0.2, 0.25) is 0 Å². The summed E-state index contributed by atoms with van der Waals surface area (Å²) < 4.78 is 6.39. The summed E-state index contributed by atoms with van der Waals surface area (Å²) in [6, 6.07) is 11.0. The summed E-state index contributed by atoms with van der Waals surface area (Å²) in [4.78, 5) is 26.2. The summed E-state index contributed by atoms with van der Waals surface area (Å²) >= 11 is 0. The molecule has 2 aromatic heterocycles. The molecule has 5 rings (SSSR count). The first-order valence-corrected chi connectivity index (χ1v) is 11.6. The third-order valence-electron chi connectivity index (χ3n) is 6.93. The van der Waals surface area contributed by atoms with Gasteiger partial charge in [-0.25, -0.2) is 9.97 Å². The fraction of sp³-hybridized carbons (Fsp3) is 0.385. The number of pyridine rings is 1. The number of nitrogen functional groups attached to an aromatic ring is 1. The van der Waals surface area contributed by atoms with Crippen molar-refractivity contribution in [1.82, 2.24) is 15.0 Å². The van der Waals surface area contributed by atoms with Gasteiger partial charge in [-0.1, -0.05) is 30.3 Å². The van der Waals surface area contributed by atoms with Crippen LogP contribution in [0.15, 0.2) is 55.0 Å². The zero-order valence-corrected chi connectivity index (χ0v) is 19.1. The molecule has 5 N–H and O–H groups in total. The number of aromatic nitrogens is 3. The van der Waals surface area contributed by atoms with E-state index in [1.54, 1.807) is 25.5 Å². The maximum absolute atomic E-state index is 13.3. The molecular weight excluding hydrogens is 430 g/mol. The lowest BCUT2D eigenvalue weighted by atomic mass is 9.80. The summed E-state index contributed by atoms with van der Waals surface area (Å²) in [5, 5.41) is 10.9. The van der Waals surface area contributed by atoms with E-state index in [0.717, 1.165) is 29.5 Å². The number of rotatable bonds is 6. The van der Waals surface area contributed by atoms with Crippen LogP contribution in [0.25, 0.3) is 11.3 Å². The molecule has 1 aliphatic carbocycles. The highest BCUT2D eigenvalue weighted by Crippen LogP contribution is 2.47. The SMILES string of the molecule is C[C@]1(O)[C@H](N)C[C@H](c2ccncc2CC(=O)c2nc(-c3ccccc3)cnc2N)O[C@@H]1C1CC1. The Bertz CT molecular complexity index is 1200. The van der Waals surface area contributed by atoms with Gasteiger partial charge in [0.1, 0.15) is 11.3 Å². The Labute approximate surface area is 198 Å². The van der Waals surface area contributed by atoms with Crippen LogP contribution in [-0.4, -0.2) is 43.6 Å². The van der Waals surface area contributed by atoms with Gasteiger partial charge >= 0.3 is 0 Å². The maximum Gasteiger partial charge on any atom is 0.189 e. The Balaban J connectivity index is 1.41. The average Bonchev–Trinajstić information content (AvgIpc) is 3.67. The molecule has 1 aromatic carbocycles. The van der Waals surface area contributed by atoms with Crippen LogP contribution in [-0.2, 0) is 11.2 Å². The van der Waals surface area contributed by atoms with Gasteiger partial charge in [0.05, 0.1) is 24.1 Å². The normalized spacial score (nSPS) is 26.9. The van der Waals surface area contributed by atoms with E-state index in [4.69, 9.17) is 16.2 Å². The lowest BCUT2D eigenvalue weighted by Gasteiger charge is -2.45. The van der Waals surface area contributed by atoms with E-state index in [2.05, 4.69) is 15.0 Å². The van der Waals surface area contributed by atoms with Crippen LogP contribution in [0.4, 0.5) is 5.82 Å². The predicted octanol–water partition coefficient (Wildman–Crippen LogP) is 2.86. The van der Waals surface area contributed by atoms with Crippen molar-refractivity contribution < 1.29 is 14.6 Å². The summed E-state index contributed by atoms with van der Waals surface area (Å²) in [6.45, 7) is 1.76. The predicted molar refractivity (Wildman–Crippen MR) is 128 cm³/mol. The second-order valence-electron chi connectivity index (χ2n) is 9.48.